The van der Waals surface area contributed by atoms with E-state index in [1.165, 1.54) is 17.4 Å². The summed E-state index contributed by atoms with van der Waals surface area (Å²) in [6, 6.07) is 7.38. The molecule has 0 fully saturated rings. The van der Waals surface area contributed by atoms with Crippen LogP contribution < -0.4 is 5.32 Å². The highest BCUT2D eigenvalue weighted by atomic mass is 32.1. The summed E-state index contributed by atoms with van der Waals surface area (Å²) >= 11 is 3.12. The molecule has 0 aliphatic rings. The molecule has 25 heavy (non-hydrogen) atoms. The summed E-state index contributed by atoms with van der Waals surface area (Å²) in [7, 11) is 0. The molecule has 2 heterocycles. The van der Waals surface area contributed by atoms with Crippen LogP contribution in [0.15, 0.2) is 35.7 Å². The van der Waals surface area contributed by atoms with Crippen LogP contribution in [-0.4, -0.2) is 20.9 Å². The molecule has 2 aromatic heterocycles. The van der Waals surface area contributed by atoms with E-state index in [4.69, 9.17) is 0 Å². The van der Waals surface area contributed by atoms with Gasteiger partial charge in [-0.1, -0.05) is 0 Å². The summed E-state index contributed by atoms with van der Waals surface area (Å²) in [6.07, 6.45) is 0. The van der Waals surface area contributed by atoms with Crippen molar-refractivity contribution in [3.8, 4) is 16.3 Å². The Hall–Kier alpha value is -2.78. The molecular formula is C16H13N3O4S2. The van der Waals surface area contributed by atoms with Crippen molar-refractivity contribution in [3.05, 3.63) is 61.3 Å². The molecule has 1 amide bonds. The van der Waals surface area contributed by atoms with Gasteiger partial charge in [0, 0.05) is 21.9 Å². The number of phenolic OH excluding ortho intramolecular Hbond substituents is 1. The third kappa shape index (κ3) is 3.83. The van der Waals surface area contributed by atoms with Gasteiger partial charge in [-0.2, -0.15) is 0 Å². The molecule has 0 atom stereocenters. The Labute approximate surface area is 150 Å². The molecule has 2 N–H and O–H groups in total. The average molecular weight is 375 g/mol. The van der Waals surface area contributed by atoms with Crippen LogP contribution in [0.4, 0.5) is 5.69 Å². The van der Waals surface area contributed by atoms with Crippen LogP contribution in [0.3, 0.4) is 0 Å². The van der Waals surface area contributed by atoms with Crippen molar-refractivity contribution in [2.75, 3.05) is 0 Å². The number of rotatable bonds is 5. The van der Waals surface area contributed by atoms with Gasteiger partial charge in [0.1, 0.15) is 0 Å². The zero-order valence-corrected chi connectivity index (χ0v) is 14.7. The maximum absolute atomic E-state index is 12.1. The van der Waals surface area contributed by atoms with Gasteiger partial charge >= 0.3 is 5.69 Å². The first-order chi connectivity index (χ1) is 11.9. The van der Waals surface area contributed by atoms with Crippen molar-refractivity contribution in [3.63, 3.8) is 0 Å². The number of hydrogen-bond acceptors (Lipinski definition) is 7. The molecule has 9 heteroatoms. The molecule has 128 valence electrons. The Morgan fingerprint density at radius 1 is 1.36 bits per heavy atom. The number of nitrogens with zero attached hydrogens (tertiary/aromatic N) is 2. The second-order valence-corrected chi connectivity index (χ2v) is 7.39. The first kappa shape index (κ1) is 17.1. The Bertz CT molecular complexity index is 949. The fourth-order valence-electron chi connectivity index (χ4n) is 2.18. The average Bonchev–Trinajstić information content (AvgIpc) is 3.20. The molecule has 7 nitrogen and oxygen atoms in total. The van der Waals surface area contributed by atoms with Gasteiger partial charge < -0.3 is 10.4 Å². The summed E-state index contributed by atoms with van der Waals surface area (Å²) < 4.78 is 0. The Morgan fingerprint density at radius 3 is 2.80 bits per heavy atom. The fourth-order valence-corrected chi connectivity index (χ4v) is 3.77. The summed E-state index contributed by atoms with van der Waals surface area (Å²) in [5.41, 5.74) is 0.651. The molecule has 0 saturated heterocycles. The monoisotopic (exact) mass is 375 g/mol. The number of nitro groups is 1. The lowest BCUT2D eigenvalue weighted by atomic mass is 10.2. The van der Waals surface area contributed by atoms with Crippen molar-refractivity contribution in [2.24, 2.45) is 0 Å². The number of nitrogens with one attached hydrogen (secondary N) is 1. The van der Waals surface area contributed by atoms with Crippen LogP contribution in [0.1, 0.15) is 20.2 Å². The second-order valence-electron chi connectivity index (χ2n) is 5.16. The highest BCUT2D eigenvalue weighted by Crippen LogP contribution is 2.29. The Morgan fingerprint density at radius 2 is 2.16 bits per heavy atom. The largest absolute Gasteiger partial charge is 0.502 e. The lowest BCUT2D eigenvalue weighted by Gasteiger charge is -2.04. The molecule has 1 aromatic carbocycles. The second kappa shape index (κ2) is 6.99. The number of aryl methyl sites for hydroxylation is 1. The summed E-state index contributed by atoms with van der Waals surface area (Å²) in [5, 5.41) is 26.0. The normalized spacial score (nSPS) is 10.6. The Balaban J connectivity index is 1.65. The molecule has 3 rings (SSSR count). The van der Waals surface area contributed by atoms with Gasteiger partial charge in [0.05, 0.1) is 27.0 Å². The van der Waals surface area contributed by atoms with Gasteiger partial charge in [-0.05, 0) is 31.2 Å². The lowest BCUT2D eigenvalue weighted by molar-refractivity contribution is -0.385. The van der Waals surface area contributed by atoms with Crippen molar-refractivity contribution in [1.29, 1.82) is 0 Å². The molecule has 0 spiro atoms. The van der Waals surface area contributed by atoms with Crippen molar-refractivity contribution in [2.45, 2.75) is 13.5 Å². The minimum atomic E-state index is -0.704. The minimum absolute atomic E-state index is 0.162. The first-order valence-corrected chi connectivity index (χ1v) is 8.90. The van der Waals surface area contributed by atoms with E-state index < -0.39 is 22.3 Å². The predicted molar refractivity (Wildman–Crippen MR) is 96.1 cm³/mol. The molecule has 0 bridgehead atoms. The highest BCUT2D eigenvalue weighted by Gasteiger charge is 2.16. The SMILES string of the molecule is Cc1nc(-c2ccc(CNC(=O)c3ccc([N+](=O)[O-])c(O)c3)s2)cs1. The maximum Gasteiger partial charge on any atom is 0.310 e. The molecular weight excluding hydrogens is 362 g/mol. The number of aromatic nitrogens is 1. The maximum atomic E-state index is 12.1. The smallest absolute Gasteiger partial charge is 0.310 e. The third-order valence-electron chi connectivity index (χ3n) is 3.39. The van der Waals surface area contributed by atoms with E-state index in [0.29, 0.717) is 6.54 Å². The number of aromatic hydroxyl groups is 1. The molecule has 3 aromatic rings. The van der Waals surface area contributed by atoms with Gasteiger partial charge in [0.2, 0.25) is 0 Å². The van der Waals surface area contributed by atoms with Crippen LogP contribution in [0, 0.1) is 17.0 Å². The van der Waals surface area contributed by atoms with E-state index >= 15 is 0 Å². The number of phenols is 1. The predicted octanol–water partition coefficient (Wildman–Crippen LogP) is 3.72. The van der Waals surface area contributed by atoms with Crippen molar-refractivity contribution < 1.29 is 14.8 Å². The van der Waals surface area contributed by atoms with Crippen LogP contribution >= 0.6 is 22.7 Å². The van der Waals surface area contributed by atoms with E-state index in [9.17, 15) is 20.0 Å². The van der Waals surface area contributed by atoms with Crippen LogP contribution in [0.25, 0.3) is 10.6 Å². The molecule has 0 aliphatic carbocycles. The number of carbonyl (C=O) groups excluding carboxylic acids is 1. The van der Waals surface area contributed by atoms with Gasteiger partial charge in [0.25, 0.3) is 5.91 Å². The van der Waals surface area contributed by atoms with Crippen LogP contribution in [0.5, 0.6) is 5.75 Å². The van der Waals surface area contributed by atoms with Crippen molar-refractivity contribution in [1.82, 2.24) is 10.3 Å². The molecule has 0 saturated carbocycles. The minimum Gasteiger partial charge on any atom is -0.502 e. The van der Waals surface area contributed by atoms with E-state index in [1.54, 1.807) is 11.3 Å². The van der Waals surface area contributed by atoms with Gasteiger partial charge in [-0.15, -0.1) is 22.7 Å². The number of amides is 1. The van der Waals surface area contributed by atoms with Gasteiger partial charge in [-0.3, -0.25) is 14.9 Å². The van der Waals surface area contributed by atoms with E-state index in [-0.39, 0.29) is 5.56 Å². The summed E-state index contributed by atoms with van der Waals surface area (Å²) in [4.78, 5) is 28.5. The molecule has 0 unspecified atom stereocenters. The number of thiophene rings is 1. The van der Waals surface area contributed by atoms with E-state index in [2.05, 4.69) is 10.3 Å². The van der Waals surface area contributed by atoms with Gasteiger partial charge in [-0.25, -0.2) is 4.98 Å². The fraction of sp³-hybridized carbons (Fsp3) is 0.125. The molecule has 0 radical (unpaired) electrons. The third-order valence-corrected chi connectivity index (χ3v) is 5.27. The number of carbonyl (C=O) groups is 1. The summed E-state index contributed by atoms with van der Waals surface area (Å²) in [5.74, 6) is -0.945. The number of hydrogen-bond donors (Lipinski definition) is 2. The first-order valence-electron chi connectivity index (χ1n) is 7.21. The van der Waals surface area contributed by atoms with Crippen LogP contribution in [-0.2, 0) is 6.54 Å². The number of thiazole rings is 1. The topological polar surface area (TPSA) is 105 Å². The Kier molecular flexibility index (Phi) is 4.77. The zero-order valence-electron chi connectivity index (χ0n) is 13.1. The number of benzene rings is 1. The highest BCUT2D eigenvalue weighted by molar-refractivity contribution is 7.16. The number of nitro benzene ring substituents is 1. The standard InChI is InChI=1S/C16H13N3O4S2/c1-9-18-12(8-24-9)15-5-3-11(25-15)7-17-16(21)10-2-4-13(19(22)23)14(20)6-10/h2-6,8,20H,7H2,1H3,(H,17,21). The van der Waals surface area contributed by atoms with Gasteiger partial charge in [0.15, 0.2) is 5.75 Å². The lowest BCUT2D eigenvalue weighted by Crippen LogP contribution is -2.22. The zero-order chi connectivity index (χ0) is 18.0. The quantitative estimate of drug-likeness (QED) is 0.522. The van der Waals surface area contributed by atoms with E-state index in [1.807, 2.05) is 24.4 Å². The summed E-state index contributed by atoms with van der Waals surface area (Å²) in [6.45, 7) is 2.27. The van der Waals surface area contributed by atoms with Crippen molar-refractivity contribution >= 4 is 34.3 Å². The van der Waals surface area contributed by atoms with Crippen LogP contribution in [0.2, 0.25) is 0 Å². The molecule has 0 aliphatic heterocycles. The van der Waals surface area contributed by atoms with E-state index in [0.717, 1.165) is 32.6 Å².